The van der Waals surface area contributed by atoms with Gasteiger partial charge in [0, 0.05) is 39.0 Å². The largest absolute Gasteiger partial charge is 0.486 e. The minimum Gasteiger partial charge on any atom is -0.486 e. The third-order valence-corrected chi connectivity index (χ3v) is 7.50. The Balaban J connectivity index is 1.91. The van der Waals surface area contributed by atoms with E-state index in [0.29, 0.717) is 31.5 Å². The molecule has 5 atom stereocenters. The van der Waals surface area contributed by atoms with Crippen LogP contribution in [0.15, 0.2) is 42.7 Å². The molecule has 3 rings (SSSR count). The van der Waals surface area contributed by atoms with E-state index in [2.05, 4.69) is 20.9 Å². The number of aromatic nitrogens is 1. The Hall–Kier alpha value is -3.53. The normalized spacial score (nSPS) is 24.6. The fourth-order valence-corrected chi connectivity index (χ4v) is 4.64. The lowest BCUT2D eigenvalue weighted by molar-refractivity contribution is -0.141. The quantitative estimate of drug-likeness (QED) is 0.535. The Bertz CT molecular complexity index is 1150. The fraction of sp³-hybridized carbons (Fsp3) is 0.533. The molecular formula is C30H42FN5O4. The highest BCUT2D eigenvalue weighted by atomic mass is 19.1. The van der Waals surface area contributed by atoms with Gasteiger partial charge >= 0.3 is 0 Å². The molecule has 0 bridgehead atoms. The van der Waals surface area contributed by atoms with Crippen LogP contribution in [0.4, 0.5) is 4.39 Å². The molecule has 0 fully saturated rings. The van der Waals surface area contributed by atoms with Crippen LogP contribution in [-0.4, -0.2) is 72.0 Å². The van der Waals surface area contributed by atoms with Gasteiger partial charge in [0.15, 0.2) is 11.6 Å². The molecule has 0 radical (unpaired) electrons. The summed E-state index contributed by atoms with van der Waals surface area (Å²) in [6.07, 6.45) is 4.89. The number of likely N-dealkylation sites (N-methyl/N-ethyl adjacent to an activating group) is 1. The summed E-state index contributed by atoms with van der Waals surface area (Å²) in [7, 11) is 1.59. The number of benzene rings is 1. The summed E-state index contributed by atoms with van der Waals surface area (Å²) in [5.74, 6) is -1.32. The Morgan fingerprint density at radius 1 is 1.15 bits per heavy atom. The van der Waals surface area contributed by atoms with E-state index in [1.54, 1.807) is 38.5 Å². The number of nitrogens with one attached hydrogen (secondary N) is 3. The molecular weight excluding hydrogens is 513 g/mol. The van der Waals surface area contributed by atoms with Gasteiger partial charge in [-0.2, -0.15) is 0 Å². The van der Waals surface area contributed by atoms with E-state index in [1.807, 2.05) is 32.9 Å². The van der Waals surface area contributed by atoms with E-state index in [0.717, 1.165) is 12.0 Å². The van der Waals surface area contributed by atoms with Crippen molar-refractivity contribution in [3.05, 3.63) is 59.7 Å². The van der Waals surface area contributed by atoms with Gasteiger partial charge < -0.3 is 25.6 Å². The zero-order chi connectivity index (χ0) is 29.2. The zero-order valence-electron chi connectivity index (χ0n) is 24.1. The van der Waals surface area contributed by atoms with Gasteiger partial charge in [-0.25, -0.2) is 4.39 Å². The molecule has 0 spiro atoms. The van der Waals surface area contributed by atoms with Gasteiger partial charge in [-0.1, -0.05) is 38.5 Å². The van der Waals surface area contributed by atoms with Crippen LogP contribution >= 0.6 is 0 Å². The maximum absolute atomic E-state index is 14.8. The van der Waals surface area contributed by atoms with Crippen molar-refractivity contribution < 1.29 is 23.5 Å². The maximum Gasteiger partial charge on any atom is 0.243 e. The standard InChI is InChI=1S/C30H42FN5O4/c1-6-19(2)26-30(39)36(5)21(4)28(37)35-25(16-22-10-8-14-32-18-22)29(38)33-15-9-12-23-11-7-13-24(31)27(23)40-20(3)17-34-26/h7-8,10-11,13-14,18-21,25-26,34H,6,9,12,15-17H2,1-5H3,(H,33,38)(H,35,37)/t19?,20-,21-,25-,26+/m1/s1. The number of hydrogen-bond acceptors (Lipinski definition) is 6. The number of ether oxygens (including phenoxy) is 1. The molecule has 1 unspecified atom stereocenters. The highest BCUT2D eigenvalue weighted by Crippen LogP contribution is 2.25. The first-order chi connectivity index (χ1) is 19.1. The highest BCUT2D eigenvalue weighted by Gasteiger charge is 2.33. The van der Waals surface area contributed by atoms with Crippen molar-refractivity contribution in [3.63, 3.8) is 0 Å². The molecule has 40 heavy (non-hydrogen) atoms. The fourth-order valence-electron chi connectivity index (χ4n) is 4.64. The number of aryl methyl sites for hydroxylation is 1. The second-order valence-corrected chi connectivity index (χ2v) is 10.6. The number of halogens is 1. The molecule has 10 heteroatoms. The summed E-state index contributed by atoms with van der Waals surface area (Å²) >= 11 is 0. The third kappa shape index (κ3) is 8.24. The number of pyridine rings is 1. The Labute approximate surface area is 236 Å². The second-order valence-electron chi connectivity index (χ2n) is 10.6. The average molecular weight is 556 g/mol. The van der Waals surface area contributed by atoms with Crippen LogP contribution < -0.4 is 20.7 Å². The van der Waals surface area contributed by atoms with Crippen LogP contribution in [-0.2, 0) is 27.2 Å². The number of fused-ring (bicyclic) bond motifs is 1. The first kappa shape index (κ1) is 31.0. The van der Waals surface area contributed by atoms with Crippen LogP contribution in [0.5, 0.6) is 5.75 Å². The molecule has 2 heterocycles. The summed E-state index contributed by atoms with van der Waals surface area (Å²) in [4.78, 5) is 45.6. The average Bonchev–Trinajstić information content (AvgIpc) is 2.95. The molecule has 1 aromatic carbocycles. The molecule has 0 saturated carbocycles. The number of amides is 3. The van der Waals surface area contributed by atoms with E-state index in [1.165, 1.54) is 11.0 Å². The maximum atomic E-state index is 14.8. The monoisotopic (exact) mass is 555 g/mol. The Kier molecular flexibility index (Phi) is 11.4. The number of carbonyl (C=O) groups is 3. The summed E-state index contributed by atoms with van der Waals surface area (Å²) < 4.78 is 20.8. The lowest BCUT2D eigenvalue weighted by Gasteiger charge is -2.33. The summed E-state index contributed by atoms with van der Waals surface area (Å²) in [5.41, 5.74) is 1.49. The Morgan fingerprint density at radius 3 is 2.62 bits per heavy atom. The van der Waals surface area contributed by atoms with Gasteiger partial charge in [0.1, 0.15) is 18.2 Å². The van der Waals surface area contributed by atoms with Crippen molar-refractivity contribution >= 4 is 17.7 Å². The number of para-hydroxylation sites is 1. The van der Waals surface area contributed by atoms with Crippen LogP contribution in [0.2, 0.25) is 0 Å². The minimum atomic E-state index is -0.862. The van der Waals surface area contributed by atoms with Crippen LogP contribution in [0.25, 0.3) is 0 Å². The molecule has 1 aliphatic heterocycles. The SMILES string of the molecule is CCC(C)[C@@H]1NC[C@@H](C)Oc2c(F)cccc2CCCNC(=O)[C@@H](Cc2cccnc2)NC(=O)[C@@H](C)N(C)C1=O. The van der Waals surface area contributed by atoms with Crippen molar-refractivity contribution in [2.75, 3.05) is 20.1 Å². The van der Waals surface area contributed by atoms with Crippen LogP contribution in [0.3, 0.4) is 0 Å². The van der Waals surface area contributed by atoms with Gasteiger partial charge in [-0.3, -0.25) is 19.4 Å². The van der Waals surface area contributed by atoms with E-state index >= 15 is 0 Å². The molecule has 1 aromatic heterocycles. The van der Waals surface area contributed by atoms with Crippen LogP contribution in [0, 0.1) is 11.7 Å². The van der Waals surface area contributed by atoms with Gasteiger partial charge in [0.05, 0.1) is 6.04 Å². The molecule has 1 aliphatic rings. The number of nitrogens with zero attached hydrogens (tertiary/aromatic N) is 2. The van der Waals surface area contributed by atoms with Crippen molar-refractivity contribution in [1.82, 2.24) is 25.8 Å². The van der Waals surface area contributed by atoms with Gasteiger partial charge in [0.25, 0.3) is 0 Å². The smallest absolute Gasteiger partial charge is 0.243 e. The van der Waals surface area contributed by atoms with Gasteiger partial charge in [0.2, 0.25) is 17.7 Å². The second kappa shape index (κ2) is 14.7. The van der Waals surface area contributed by atoms with Crippen molar-refractivity contribution in [2.45, 2.75) is 77.6 Å². The van der Waals surface area contributed by atoms with Crippen molar-refractivity contribution in [3.8, 4) is 5.75 Å². The predicted octanol–water partition coefficient (Wildman–Crippen LogP) is 2.63. The number of rotatable bonds is 4. The minimum absolute atomic E-state index is 0.0314. The molecule has 218 valence electrons. The number of carbonyl (C=O) groups excluding carboxylic acids is 3. The Morgan fingerprint density at radius 2 is 1.93 bits per heavy atom. The first-order valence-electron chi connectivity index (χ1n) is 14.0. The van der Waals surface area contributed by atoms with E-state index < -0.39 is 36.0 Å². The van der Waals surface area contributed by atoms with Crippen molar-refractivity contribution in [1.29, 1.82) is 0 Å². The van der Waals surface area contributed by atoms with E-state index in [-0.39, 0.29) is 29.9 Å². The predicted molar refractivity (Wildman–Crippen MR) is 151 cm³/mol. The topological polar surface area (TPSA) is 113 Å². The van der Waals surface area contributed by atoms with Gasteiger partial charge in [-0.15, -0.1) is 0 Å². The lowest BCUT2D eigenvalue weighted by atomic mass is 9.97. The van der Waals surface area contributed by atoms with E-state index in [4.69, 9.17) is 4.74 Å². The molecule has 0 saturated heterocycles. The molecule has 9 nitrogen and oxygen atoms in total. The highest BCUT2D eigenvalue weighted by molar-refractivity contribution is 5.93. The molecule has 3 amide bonds. The first-order valence-corrected chi connectivity index (χ1v) is 14.0. The third-order valence-electron chi connectivity index (χ3n) is 7.50. The van der Waals surface area contributed by atoms with Gasteiger partial charge in [-0.05, 0) is 55.9 Å². The molecule has 0 aliphatic carbocycles. The van der Waals surface area contributed by atoms with E-state index in [9.17, 15) is 18.8 Å². The molecule has 3 N–H and O–H groups in total. The summed E-state index contributed by atoms with van der Waals surface area (Å²) in [6.45, 7) is 8.07. The number of hydrogen-bond donors (Lipinski definition) is 3. The molecule has 2 aromatic rings. The summed E-state index contributed by atoms with van der Waals surface area (Å²) in [6, 6.07) is 6.16. The lowest BCUT2D eigenvalue weighted by Crippen LogP contribution is -2.57. The zero-order valence-corrected chi connectivity index (χ0v) is 24.1. The van der Waals surface area contributed by atoms with Crippen molar-refractivity contribution in [2.24, 2.45) is 5.92 Å². The summed E-state index contributed by atoms with van der Waals surface area (Å²) in [5, 5.41) is 9.04. The van der Waals surface area contributed by atoms with Crippen LogP contribution in [0.1, 0.15) is 51.7 Å².